The Balaban J connectivity index is 1.88. The number of carbonyl (C=O) groups excluding carboxylic acids is 1. The van der Waals surface area contributed by atoms with Crippen LogP contribution in [0.5, 0.6) is 0 Å². The number of nitrogens with one attached hydrogen (secondary N) is 1. The molecule has 1 atom stereocenters. The number of carbonyl (C=O) groups is 2. The van der Waals surface area contributed by atoms with E-state index in [0.717, 1.165) is 24.2 Å². The summed E-state index contributed by atoms with van der Waals surface area (Å²) in [6, 6.07) is 14.7. The number of benzene rings is 2. The van der Waals surface area contributed by atoms with Crippen LogP contribution in [-0.4, -0.2) is 36.6 Å². The average Bonchev–Trinajstić information content (AvgIpc) is 2.70. The van der Waals surface area contributed by atoms with Crippen molar-refractivity contribution in [1.29, 1.82) is 0 Å². The Hall–Kier alpha value is -2.82. The molecule has 142 valence electrons. The molecular weight excluding hydrogens is 340 g/mol. The Morgan fingerprint density at radius 1 is 0.963 bits per heavy atom. The number of hydrogen-bond donors (Lipinski definition) is 2. The van der Waals surface area contributed by atoms with Crippen molar-refractivity contribution in [2.24, 2.45) is 0 Å². The van der Waals surface area contributed by atoms with Crippen LogP contribution in [-0.2, 0) is 4.79 Å². The third-order valence-electron chi connectivity index (χ3n) is 5.05. The zero-order chi connectivity index (χ0) is 19.2. The number of carboxylic acid groups (broad SMARTS) is 1. The van der Waals surface area contributed by atoms with E-state index in [1.165, 1.54) is 24.9 Å². The minimum atomic E-state index is -0.970. The van der Waals surface area contributed by atoms with Crippen molar-refractivity contribution < 1.29 is 14.7 Å². The molecule has 0 radical (unpaired) electrons. The van der Waals surface area contributed by atoms with E-state index >= 15 is 0 Å². The Bertz CT molecular complexity index is 778. The molecule has 1 fully saturated rings. The topological polar surface area (TPSA) is 69.6 Å². The van der Waals surface area contributed by atoms with Gasteiger partial charge in [0.1, 0.15) is 0 Å². The van der Waals surface area contributed by atoms with E-state index in [4.69, 9.17) is 5.11 Å². The van der Waals surface area contributed by atoms with Gasteiger partial charge in [-0.3, -0.25) is 4.79 Å². The molecule has 3 rings (SSSR count). The highest BCUT2D eigenvalue weighted by Crippen LogP contribution is 2.28. The zero-order valence-electron chi connectivity index (χ0n) is 15.6. The first kappa shape index (κ1) is 19.0. The third-order valence-corrected chi connectivity index (χ3v) is 5.05. The van der Waals surface area contributed by atoms with Gasteiger partial charge in [0, 0.05) is 25.3 Å². The molecule has 1 aliphatic rings. The van der Waals surface area contributed by atoms with Crippen molar-refractivity contribution in [3.63, 3.8) is 0 Å². The van der Waals surface area contributed by atoms with E-state index in [-0.39, 0.29) is 11.5 Å². The molecule has 1 heterocycles. The van der Waals surface area contributed by atoms with Crippen LogP contribution in [0.25, 0.3) is 0 Å². The lowest BCUT2D eigenvalue weighted by Crippen LogP contribution is -2.30. The third kappa shape index (κ3) is 4.48. The van der Waals surface area contributed by atoms with Crippen LogP contribution in [0.4, 0.5) is 5.69 Å². The summed E-state index contributed by atoms with van der Waals surface area (Å²) >= 11 is 0. The van der Waals surface area contributed by atoms with Gasteiger partial charge in [-0.25, -0.2) is 4.79 Å². The number of hydrogen-bond acceptors (Lipinski definition) is 3. The van der Waals surface area contributed by atoms with E-state index in [0.29, 0.717) is 6.54 Å². The number of carboxylic acids is 1. The van der Waals surface area contributed by atoms with Gasteiger partial charge in [-0.15, -0.1) is 0 Å². The maximum atomic E-state index is 12.7. The largest absolute Gasteiger partial charge is 0.478 e. The van der Waals surface area contributed by atoms with Crippen molar-refractivity contribution in [3.05, 3.63) is 65.2 Å². The summed E-state index contributed by atoms with van der Waals surface area (Å²) in [4.78, 5) is 26.2. The maximum Gasteiger partial charge on any atom is 0.335 e. The number of amides is 1. The molecule has 0 aliphatic carbocycles. The van der Waals surface area contributed by atoms with Crippen molar-refractivity contribution >= 4 is 17.6 Å². The Labute approximate surface area is 160 Å². The monoisotopic (exact) mass is 366 g/mol. The number of piperidine rings is 1. The predicted molar refractivity (Wildman–Crippen MR) is 106 cm³/mol. The fourth-order valence-electron chi connectivity index (χ4n) is 3.62. The highest BCUT2D eigenvalue weighted by Gasteiger charge is 2.23. The van der Waals surface area contributed by atoms with Crippen LogP contribution in [0, 0.1) is 0 Å². The molecule has 1 unspecified atom stereocenters. The van der Waals surface area contributed by atoms with Crippen molar-refractivity contribution in [3.8, 4) is 0 Å². The second-order valence-electron chi connectivity index (χ2n) is 6.89. The van der Waals surface area contributed by atoms with Crippen LogP contribution in [0.3, 0.4) is 0 Å². The number of anilines is 1. The van der Waals surface area contributed by atoms with E-state index in [9.17, 15) is 9.59 Å². The lowest BCUT2D eigenvalue weighted by Gasteiger charge is -2.29. The lowest BCUT2D eigenvalue weighted by atomic mass is 9.89. The molecule has 2 N–H and O–H groups in total. The molecule has 0 bridgehead atoms. The van der Waals surface area contributed by atoms with Gasteiger partial charge >= 0.3 is 5.97 Å². The van der Waals surface area contributed by atoms with Crippen LogP contribution < -0.4 is 10.2 Å². The summed E-state index contributed by atoms with van der Waals surface area (Å²) in [6.07, 6.45) is 3.73. The number of rotatable bonds is 6. The predicted octanol–water partition coefficient (Wildman–Crippen LogP) is 3.64. The van der Waals surface area contributed by atoms with Gasteiger partial charge in [0.15, 0.2) is 0 Å². The maximum absolute atomic E-state index is 12.7. The van der Waals surface area contributed by atoms with Gasteiger partial charge < -0.3 is 15.3 Å². The number of nitrogens with zero attached hydrogens (tertiary/aromatic N) is 1. The quantitative estimate of drug-likeness (QED) is 0.819. The molecule has 5 nitrogen and oxygen atoms in total. The second kappa shape index (κ2) is 8.71. The lowest BCUT2D eigenvalue weighted by molar-refractivity contribution is -0.121. The van der Waals surface area contributed by atoms with Crippen LogP contribution in [0.15, 0.2) is 48.5 Å². The smallest absolute Gasteiger partial charge is 0.335 e. The molecule has 5 heteroatoms. The Kier molecular flexibility index (Phi) is 6.12. The zero-order valence-corrected chi connectivity index (χ0v) is 15.6. The van der Waals surface area contributed by atoms with E-state index in [1.807, 2.05) is 19.1 Å². The standard InChI is InChI=1S/C22H26N2O3/c1-2-23-21(25)20(16-6-8-18(9-7-16)22(26)27)17-10-12-19(13-11-17)24-14-4-3-5-15-24/h6-13,20H,2-5,14-15H2,1H3,(H,23,25)(H,26,27). The van der Waals surface area contributed by atoms with Crippen LogP contribution in [0.2, 0.25) is 0 Å². The van der Waals surface area contributed by atoms with Crippen molar-refractivity contribution in [2.45, 2.75) is 32.1 Å². The second-order valence-corrected chi connectivity index (χ2v) is 6.89. The number of likely N-dealkylation sites (N-methyl/N-ethyl adjacent to an activating group) is 1. The summed E-state index contributed by atoms with van der Waals surface area (Å²) in [7, 11) is 0. The van der Waals surface area contributed by atoms with Gasteiger partial charge in [-0.2, -0.15) is 0 Å². The molecule has 0 spiro atoms. The first-order chi connectivity index (χ1) is 13.1. The highest BCUT2D eigenvalue weighted by molar-refractivity contribution is 5.89. The molecule has 1 aliphatic heterocycles. The molecule has 0 saturated carbocycles. The summed E-state index contributed by atoms with van der Waals surface area (Å²) in [5.74, 6) is -1.50. The fourth-order valence-corrected chi connectivity index (χ4v) is 3.62. The normalized spacial score (nSPS) is 15.2. The average molecular weight is 366 g/mol. The minimum absolute atomic E-state index is 0.0775. The summed E-state index contributed by atoms with van der Waals surface area (Å²) in [5.41, 5.74) is 3.10. The molecule has 0 aromatic heterocycles. The first-order valence-electron chi connectivity index (χ1n) is 9.56. The molecule has 1 amide bonds. The van der Waals surface area contributed by atoms with Crippen molar-refractivity contribution in [1.82, 2.24) is 5.32 Å². The van der Waals surface area contributed by atoms with Gasteiger partial charge in [-0.05, 0) is 61.6 Å². The van der Waals surface area contributed by atoms with Gasteiger partial charge in [0.2, 0.25) is 5.91 Å². The van der Waals surface area contributed by atoms with Crippen LogP contribution >= 0.6 is 0 Å². The van der Waals surface area contributed by atoms with E-state index in [1.54, 1.807) is 24.3 Å². The Morgan fingerprint density at radius 2 is 1.52 bits per heavy atom. The molecular formula is C22H26N2O3. The summed E-state index contributed by atoms with van der Waals surface area (Å²) < 4.78 is 0. The first-order valence-corrected chi connectivity index (χ1v) is 9.56. The fraction of sp³-hybridized carbons (Fsp3) is 0.364. The van der Waals surface area contributed by atoms with Gasteiger partial charge in [0.25, 0.3) is 0 Å². The van der Waals surface area contributed by atoms with Gasteiger partial charge in [0.05, 0.1) is 11.5 Å². The highest BCUT2D eigenvalue weighted by atomic mass is 16.4. The number of aromatic carboxylic acids is 1. The van der Waals surface area contributed by atoms with E-state index < -0.39 is 11.9 Å². The Morgan fingerprint density at radius 3 is 2.04 bits per heavy atom. The van der Waals surface area contributed by atoms with Crippen LogP contribution in [0.1, 0.15) is 53.6 Å². The van der Waals surface area contributed by atoms with E-state index in [2.05, 4.69) is 22.3 Å². The van der Waals surface area contributed by atoms with Gasteiger partial charge in [-0.1, -0.05) is 24.3 Å². The summed E-state index contributed by atoms with van der Waals surface area (Å²) in [6.45, 7) is 4.60. The minimum Gasteiger partial charge on any atom is -0.478 e. The molecule has 27 heavy (non-hydrogen) atoms. The summed E-state index contributed by atoms with van der Waals surface area (Å²) in [5, 5.41) is 12.0. The molecule has 2 aromatic carbocycles. The molecule has 1 saturated heterocycles. The molecule has 2 aromatic rings. The SMILES string of the molecule is CCNC(=O)C(c1ccc(C(=O)O)cc1)c1ccc(N2CCCCC2)cc1. The van der Waals surface area contributed by atoms with Crippen molar-refractivity contribution in [2.75, 3.05) is 24.5 Å².